The molecule has 0 heterocycles. The van der Waals surface area contributed by atoms with Crippen molar-refractivity contribution >= 4 is 11.9 Å². The zero-order valence-electron chi connectivity index (χ0n) is 10.1. The van der Waals surface area contributed by atoms with Crippen LogP contribution in [-0.4, -0.2) is 29.6 Å². The van der Waals surface area contributed by atoms with Crippen molar-refractivity contribution in [2.45, 2.75) is 24.8 Å². The number of para-hydroxylation sites is 1. The first-order valence-corrected chi connectivity index (χ1v) is 5.74. The molecule has 96 valence electrons. The van der Waals surface area contributed by atoms with Gasteiger partial charge in [-0.05, 0) is 18.9 Å². The molecule has 0 saturated heterocycles. The number of carboxylic acid groups (broad SMARTS) is 1. The third-order valence-corrected chi connectivity index (χ3v) is 3.08. The molecule has 1 saturated carbocycles. The highest BCUT2D eigenvalue weighted by atomic mass is 16.5. The lowest BCUT2D eigenvalue weighted by molar-refractivity contribution is -0.143. The Morgan fingerprint density at radius 3 is 2.61 bits per heavy atom. The molecular weight excluding hydrogens is 234 g/mol. The lowest BCUT2D eigenvalue weighted by Crippen LogP contribution is -2.43. The van der Waals surface area contributed by atoms with E-state index in [4.69, 9.17) is 9.84 Å². The average Bonchev–Trinajstić information content (AvgIpc) is 3.10. The fourth-order valence-electron chi connectivity index (χ4n) is 1.85. The topological polar surface area (TPSA) is 75.6 Å². The quantitative estimate of drug-likeness (QED) is 0.815. The molecule has 0 unspecified atom stereocenters. The number of methoxy groups -OCH3 is 1. The fourth-order valence-corrected chi connectivity index (χ4v) is 1.85. The minimum Gasteiger partial charge on any atom is -0.496 e. The van der Waals surface area contributed by atoms with Gasteiger partial charge in [-0.25, -0.2) is 4.79 Å². The summed E-state index contributed by atoms with van der Waals surface area (Å²) in [6.45, 7) is 0. The predicted molar refractivity (Wildman–Crippen MR) is 64.4 cm³/mol. The second-order valence-corrected chi connectivity index (χ2v) is 4.42. The number of rotatable bonds is 5. The average molecular weight is 249 g/mol. The summed E-state index contributed by atoms with van der Waals surface area (Å²) in [6.07, 6.45) is 1.12. The molecule has 1 amide bonds. The zero-order chi connectivity index (χ0) is 13.2. The van der Waals surface area contributed by atoms with Crippen LogP contribution >= 0.6 is 0 Å². The maximum atomic E-state index is 11.8. The number of ether oxygens (including phenoxy) is 1. The molecule has 2 rings (SSSR count). The summed E-state index contributed by atoms with van der Waals surface area (Å²) in [5.41, 5.74) is -0.280. The third kappa shape index (κ3) is 2.45. The number of nitrogens with one attached hydrogen (secondary N) is 1. The molecule has 0 aromatic heterocycles. The number of hydrogen-bond donors (Lipinski definition) is 2. The third-order valence-electron chi connectivity index (χ3n) is 3.08. The maximum absolute atomic E-state index is 11.8. The summed E-state index contributed by atoms with van der Waals surface area (Å²) < 4.78 is 5.14. The molecule has 18 heavy (non-hydrogen) atoms. The van der Waals surface area contributed by atoms with E-state index in [1.165, 1.54) is 7.11 Å². The van der Waals surface area contributed by atoms with Gasteiger partial charge in [0.25, 0.3) is 0 Å². The number of carbonyl (C=O) groups is 2. The van der Waals surface area contributed by atoms with Crippen LogP contribution in [0.5, 0.6) is 5.75 Å². The van der Waals surface area contributed by atoms with Gasteiger partial charge in [0.05, 0.1) is 13.5 Å². The first kappa shape index (κ1) is 12.4. The van der Waals surface area contributed by atoms with Crippen LogP contribution < -0.4 is 10.1 Å². The Balaban J connectivity index is 2.01. The summed E-state index contributed by atoms with van der Waals surface area (Å²) in [4.78, 5) is 22.8. The lowest BCUT2D eigenvalue weighted by atomic mass is 10.1. The summed E-state index contributed by atoms with van der Waals surface area (Å²) in [7, 11) is 1.54. The number of hydrogen-bond acceptors (Lipinski definition) is 3. The molecular formula is C13H15NO4. The highest BCUT2D eigenvalue weighted by molar-refractivity contribution is 5.90. The minimum atomic E-state index is -1.03. The Bertz CT molecular complexity index is 480. The van der Waals surface area contributed by atoms with E-state index in [9.17, 15) is 9.59 Å². The van der Waals surface area contributed by atoms with E-state index < -0.39 is 11.5 Å². The van der Waals surface area contributed by atoms with E-state index in [1.54, 1.807) is 12.1 Å². The molecule has 5 heteroatoms. The number of aliphatic carboxylic acids is 1. The zero-order valence-corrected chi connectivity index (χ0v) is 10.1. The minimum absolute atomic E-state index is 0.124. The Kier molecular flexibility index (Phi) is 3.23. The van der Waals surface area contributed by atoms with Crippen molar-refractivity contribution in [3.63, 3.8) is 0 Å². The summed E-state index contributed by atoms with van der Waals surface area (Å²) in [5, 5.41) is 11.6. The smallest absolute Gasteiger partial charge is 0.329 e. The molecule has 1 aromatic rings. The summed E-state index contributed by atoms with van der Waals surface area (Å²) in [6, 6.07) is 7.19. The van der Waals surface area contributed by atoms with Gasteiger partial charge in [-0.15, -0.1) is 0 Å². The van der Waals surface area contributed by atoms with Gasteiger partial charge in [-0.3, -0.25) is 4.79 Å². The summed E-state index contributed by atoms with van der Waals surface area (Å²) in [5.74, 6) is -0.622. The molecule has 2 N–H and O–H groups in total. The number of carboxylic acids is 1. The van der Waals surface area contributed by atoms with E-state index in [-0.39, 0.29) is 12.3 Å². The van der Waals surface area contributed by atoms with Crippen molar-refractivity contribution in [1.82, 2.24) is 5.32 Å². The van der Waals surface area contributed by atoms with Crippen molar-refractivity contribution in [1.29, 1.82) is 0 Å². The molecule has 0 atom stereocenters. The van der Waals surface area contributed by atoms with Crippen LogP contribution in [0, 0.1) is 0 Å². The van der Waals surface area contributed by atoms with Gasteiger partial charge in [0, 0.05) is 5.56 Å². The van der Waals surface area contributed by atoms with E-state index in [2.05, 4.69) is 5.32 Å². The standard InChI is InChI=1S/C13H15NO4/c1-18-10-5-3-2-4-9(10)8-11(15)14-13(6-7-13)12(16)17/h2-5H,6-8H2,1H3,(H,14,15)(H,16,17). The van der Waals surface area contributed by atoms with Gasteiger partial charge in [-0.2, -0.15) is 0 Å². The van der Waals surface area contributed by atoms with Crippen LogP contribution in [-0.2, 0) is 16.0 Å². The van der Waals surface area contributed by atoms with E-state index in [0.717, 1.165) is 5.56 Å². The second kappa shape index (κ2) is 4.68. The Labute approximate surface area is 105 Å². The van der Waals surface area contributed by atoms with Gasteiger partial charge in [0.15, 0.2) is 0 Å². The van der Waals surface area contributed by atoms with E-state index >= 15 is 0 Å². The molecule has 0 radical (unpaired) electrons. The summed E-state index contributed by atoms with van der Waals surface area (Å²) >= 11 is 0. The highest BCUT2D eigenvalue weighted by Crippen LogP contribution is 2.35. The predicted octanol–water partition coefficient (Wildman–Crippen LogP) is 0.971. The van der Waals surface area contributed by atoms with Crippen molar-refractivity contribution in [3.8, 4) is 5.75 Å². The van der Waals surface area contributed by atoms with Crippen LogP contribution in [0.4, 0.5) is 0 Å². The first-order chi connectivity index (χ1) is 8.57. The SMILES string of the molecule is COc1ccccc1CC(=O)NC1(C(=O)O)CC1. The molecule has 1 aromatic carbocycles. The molecule has 1 aliphatic carbocycles. The Hall–Kier alpha value is -2.04. The first-order valence-electron chi connectivity index (χ1n) is 5.74. The van der Waals surface area contributed by atoms with Gasteiger partial charge in [0.2, 0.25) is 5.91 Å². The fraction of sp³-hybridized carbons (Fsp3) is 0.385. The normalized spacial score (nSPS) is 15.8. The van der Waals surface area contributed by atoms with Crippen LogP contribution in [0.2, 0.25) is 0 Å². The van der Waals surface area contributed by atoms with Crippen LogP contribution in [0.25, 0.3) is 0 Å². The Morgan fingerprint density at radius 2 is 2.06 bits per heavy atom. The molecule has 0 aliphatic heterocycles. The molecule has 0 bridgehead atoms. The second-order valence-electron chi connectivity index (χ2n) is 4.42. The largest absolute Gasteiger partial charge is 0.496 e. The van der Waals surface area contributed by atoms with Crippen molar-refractivity contribution < 1.29 is 19.4 Å². The van der Waals surface area contributed by atoms with Crippen molar-refractivity contribution in [2.24, 2.45) is 0 Å². The molecule has 0 spiro atoms. The van der Waals surface area contributed by atoms with Gasteiger partial charge >= 0.3 is 5.97 Å². The van der Waals surface area contributed by atoms with Crippen molar-refractivity contribution in [2.75, 3.05) is 7.11 Å². The van der Waals surface area contributed by atoms with Crippen LogP contribution in [0.3, 0.4) is 0 Å². The molecule has 1 fully saturated rings. The lowest BCUT2D eigenvalue weighted by Gasteiger charge is -2.13. The highest BCUT2D eigenvalue weighted by Gasteiger charge is 2.51. The van der Waals surface area contributed by atoms with Gasteiger partial charge in [-0.1, -0.05) is 18.2 Å². The number of benzene rings is 1. The number of carbonyl (C=O) groups excluding carboxylic acids is 1. The Morgan fingerprint density at radius 1 is 1.39 bits per heavy atom. The van der Waals surface area contributed by atoms with E-state index in [0.29, 0.717) is 18.6 Å². The van der Waals surface area contributed by atoms with Gasteiger partial charge < -0.3 is 15.2 Å². The van der Waals surface area contributed by atoms with Crippen molar-refractivity contribution in [3.05, 3.63) is 29.8 Å². The maximum Gasteiger partial charge on any atom is 0.329 e. The van der Waals surface area contributed by atoms with Crippen LogP contribution in [0.15, 0.2) is 24.3 Å². The van der Waals surface area contributed by atoms with Crippen LogP contribution in [0.1, 0.15) is 18.4 Å². The van der Waals surface area contributed by atoms with Gasteiger partial charge in [0.1, 0.15) is 11.3 Å². The number of amides is 1. The van der Waals surface area contributed by atoms with E-state index in [1.807, 2.05) is 12.1 Å². The molecule has 1 aliphatic rings. The molecule has 5 nitrogen and oxygen atoms in total. The monoisotopic (exact) mass is 249 g/mol.